The molecule has 1 aliphatic rings. The van der Waals surface area contributed by atoms with Crippen LogP contribution in [0.1, 0.15) is 5.56 Å². The Balaban J connectivity index is 2.37. The maximum Gasteiger partial charge on any atom is 0.222 e. The minimum atomic E-state index is -2.18. The minimum absolute atomic E-state index is 0.207. The Bertz CT molecular complexity index is 395. The van der Waals surface area contributed by atoms with Crippen LogP contribution in [-0.2, 0) is 10.5 Å². The zero-order valence-electron chi connectivity index (χ0n) is 9.47. The summed E-state index contributed by atoms with van der Waals surface area (Å²) in [4.78, 5) is 0. The van der Waals surface area contributed by atoms with Crippen LogP contribution >= 0.6 is 0 Å². The number of ether oxygens (including phenoxy) is 1. The summed E-state index contributed by atoms with van der Waals surface area (Å²) in [6.07, 6.45) is -6.00. The third kappa shape index (κ3) is 2.03. The molecule has 0 aliphatic carbocycles. The highest BCUT2D eigenvalue weighted by molar-refractivity contribution is 5.22. The van der Waals surface area contributed by atoms with E-state index in [4.69, 9.17) is 9.84 Å². The first-order valence-corrected chi connectivity index (χ1v) is 5.52. The van der Waals surface area contributed by atoms with Gasteiger partial charge >= 0.3 is 0 Å². The van der Waals surface area contributed by atoms with Gasteiger partial charge in [0.2, 0.25) is 5.79 Å². The summed E-state index contributed by atoms with van der Waals surface area (Å²) in [5.74, 6) is -2.18. The average Bonchev–Trinajstić information content (AvgIpc) is 2.41. The Morgan fingerprint density at radius 3 is 2.33 bits per heavy atom. The summed E-state index contributed by atoms with van der Waals surface area (Å²) >= 11 is 0. The lowest BCUT2D eigenvalue weighted by Gasteiger charge is -2.45. The molecule has 1 aromatic carbocycles. The Morgan fingerprint density at radius 2 is 1.78 bits per heavy atom. The van der Waals surface area contributed by atoms with E-state index in [0.717, 1.165) is 0 Å². The molecule has 1 heterocycles. The summed E-state index contributed by atoms with van der Waals surface area (Å²) in [7, 11) is 0. The van der Waals surface area contributed by atoms with Crippen LogP contribution in [-0.4, -0.2) is 56.6 Å². The Labute approximate surface area is 104 Å². The molecule has 1 aromatic rings. The molecule has 0 bridgehead atoms. The predicted molar refractivity (Wildman–Crippen MR) is 59.2 cm³/mol. The summed E-state index contributed by atoms with van der Waals surface area (Å²) < 4.78 is 5.14. The topological polar surface area (TPSA) is 110 Å². The van der Waals surface area contributed by atoms with Gasteiger partial charge in [-0.2, -0.15) is 0 Å². The van der Waals surface area contributed by atoms with Crippen molar-refractivity contribution < 1.29 is 30.3 Å². The van der Waals surface area contributed by atoms with Gasteiger partial charge in [-0.15, -0.1) is 0 Å². The minimum Gasteiger partial charge on any atom is -0.394 e. The SMILES string of the molecule is OC[C@H]1O[C@](O)(c2cc[c]cc2)[C@H](O)[C@@H](O)[C@H]1O. The molecule has 1 saturated heterocycles. The van der Waals surface area contributed by atoms with Gasteiger partial charge in [0.15, 0.2) is 0 Å². The maximum absolute atomic E-state index is 10.3. The van der Waals surface area contributed by atoms with Crippen molar-refractivity contribution in [3.8, 4) is 0 Å². The van der Waals surface area contributed by atoms with Crippen molar-refractivity contribution in [2.75, 3.05) is 6.61 Å². The molecule has 0 amide bonds. The maximum atomic E-state index is 10.3. The smallest absolute Gasteiger partial charge is 0.222 e. The molecule has 6 heteroatoms. The van der Waals surface area contributed by atoms with Crippen molar-refractivity contribution >= 4 is 0 Å². The van der Waals surface area contributed by atoms with Gasteiger partial charge in [-0.05, 0) is 6.07 Å². The number of aliphatic hydroxyl groups is 5. The molecule has 0 saturated carbocycles. The van der Waals surface area contributed by atoms with E-state index in [-0.39, 0.29) is 5.56 Å². The quantitative estimate of drug-likeness (QED) is 0.422. The Hall–Kier alpha value is -1.02. The number of rotatable bonds is 2. The molecular formula is C12H15O6. The van der Waals surface area contributed by atoms with Crippen molar-refractivity contribution in [1.82, 2.24) is 0 Å². The van der Waals surface area contributed by atoms with E-state index in [2.05, 4.69) is 6.07 Å². The molecule has 1 aliphatic heterocycles. The van der Waals surface area contributed by atoms with Crippen LogP contribution < -0.4 is 0 Å². The van der Waals surface area contributed by atoms with Gasteiger partial charge < -0.3 is 30.3 Å². The molecule has 5 atom stereocenters. The number of hydrogen-bond donors (Lipinski definition) is 5. The van der Waals surface area contributed by atoms with Crippen molar-refractivity contribution in [3.63, 3.8) is 0 Å². The second-order valence-electron chi connectivity index (χ2n) is 4.25. The number of aliphatic hydroxyl groups excluding tert-OH is 4. The second kappa shape index (κ2) is 4.93. The van der Waals surface area contributed by atoms with Crippen molar-refractivity contribution in [1.29, 1.82) is 0 Å². The molecule has 1 radical (unpaired) electrons. The van der Waals surface area contributed by atoms with Crippen LogP contribution in [0.25, 0.3) is 0 Å². The lowest BCUT2D eigenvalue weighted by Crippen LogP contribution is -2.63. The summed E-state index contributed by atoms with van der Waals surface area (Å²) in [6.45, 7) is -0.591. The highest BCUT2D eigenvalue weighted by Crippen LogP contribution is 2.35. The van der Waals surface area contributed by atoms with Gasteiger partial charge in [0.1, 0.15) is 24.4 Å². The van der Waals surface area contributed by atoms with Crippen LogP contribution in [0.15, 0.2) is 24.3 Å². The number of benzene rings is 1. The van der Waals surface area contributed by atoms with Crippen LogP contribution in [0.5, 0.6) is 0 Å². The van der Waals surface area contributed by atoms with Crippen LogP contribution in [0, 0.1) is 6.07 Å². The van der Waals surface area contributed by atoms with Crippen molar-refractivity contribution in [2.45, 2.75) is 30.2 Å². The van der Waals surface area contributed by atoms with E-state index >= 15 is 0 Å². The van der Waals surface area contributed by atoms with E-state index in [1.807, 2.05) is 0 Å². The molecule has 6 nitrogen and oxygen atoms in total. The third-order valence-corrected chi connectivity index (χ3v) is 3.10. The van der Waals surface area contributed by atoms with Crippen molar-refractivity contribution in [3.05, 3.63) is 35.9 Å². The van der Waals surface area contributed by atoms with Crippen molar-refractivity contribution in [2.24, 2.45) is 0 Å². The zero-order chi connectivity index (χ0) is 13.3. The van der Waals surface area contributed by atoms with Gasteiger partial charge in [0.05, 0.1) is 6.61 Å². The fraction of sp³-hybridized carbons (Fsp3) is 0.500. The van der Waals surface area contributed by atoms with E-state index < -0.39 is 36.8 Å². The van der Waals surface area contributed by atoms with Crippen LogP contribution in [0.4, 0.5) is 0 Å². The Kier molecular flexibility index (Phi) is 3.67. The van der Waals surface area contributed by atoms with E-state index in [1.165, 1.54) is 24.3 Å². The van der Waals surface area contributed by atoms with Gasteiger partial charge in [-0.25, -0.2) is 0 Å². The van der Waals surface area contributed by atoms with E-state index in [1.54, 1.807) is 0 Å². The monoisotopic (exact) mass is 255 g/mol. The lowest BCUT2D eigenvalue weighted by atomic mass is 9.88. The van der Waals surface area contributed by atoms with Gasteiger partial charge in [0.25, 0.3) is 0 Å². The first kappa shape index (κ1) is 13.4. The molecule has 0 spiro atoms. The molecule has 0 unspecified atom stereocenters. The normalized spacial score (nSPS) is 40.7. The zero-order valence-corrected chi connectivity index (χ0v) is 9.47. The van der Waals surface area contributed by atoms with Gasteiger partial charge in [-0.3, -0.25) is 0 Å². The highest BCUT2D eigenvalue weighted by Gasteiger charge is 2.53. The second-order valence-corrected chi connectivity index (χ2v) is 4.25. The third-order valence-electron chi connectivity index (χ3n) is 3.10. The standard InChI is InChI=1S/C12H15O6/c13-6-8-9(14)10(15)11(16)12(17,18-8)7-4-2-1-3-5-7/h2-5,8-11,13-17H,6H2/t8-,9+,10+,11-,12-/m1/s1. The van der Waals surface area contributed by atoms with Crippen LogP contribution in [0.2, 0.25) is 0 Å². The fourth-order valence-corrected chi connectivity index (χ4v) is 2.02. The average molecular weight is 255 g/mol. The molecule has 99 valence electrons. The Morgan fingerprint density at radius 1 is 1.17 bits per heavy atom. The predicted octanol–water partition coefficient (Wildman–Crippen LogP) is -1.89. The molecule has 1 fully saturated rings. The molecule has 2 rings (SSSR count). The first-order chi connectivity index (χ1) is 8.50. The molecule has 18 heavy (non-hydrogen) atoms. The van der Waals surface area contributed by atoms with Gasteiger partial charge in [-0.1, -0.05) is 24.3 Å². The molecular weight excluding hydrogens is 240 g/mol. The summed E-state index contributed by atoms with van der Waals surface area (Å²) in [6, 6.07) is 8.68. The summed E-state index contributed by atoms with van der Waals surface area (Å²) in [5.41, 5.74) is 0.207. The summed E-state index contributed by atoms with van der Waals surface area (Å²) in [5, 5.41) is 48.5. The highest BCUT2D eigenvalue weighted by atomic mass is 16.7. The fourth-order valence-electron chi connectivity index (χ4n) is 2.02. The number of hydrogen-bond acceptors (Lipinski definition) is 6. The lowest BCUT2D eigenvalue weighted by molar-refractivity contribution is -0.357. The molecule has 5 N–H and O–H groups in total. The molecule has 0 aromatic heterocycles. The van der Waals surface area contributed by atoms with E-state index in [0.29, 0.717) is 0 Å². The van der Waals surface area contributed by atoms with Crippen LogP contribution in [0.3, 0.4) is 0 Å². The van der Waals surface area contributed by atoms with Gasteiger partial charge in [0, 0.05) is 5.56 Å². The largest absolute Gasteiger partial charge is 0.394 e. The van der Waals surface area contributed by atoms with E-state index in [9.17, 15) is 20.4 Å². The first-order valence-electron chi connectivity index (χ1n) is 5.52.